The molecule has 5 heteroatoms. The van der Waals surface area contributed by atoms with Gasteiger partial charge in [0.2, 0.25) is 0 Å². The lowest BCUT2D eigenvalue weighted by molar-refractivity contribution is -0.151. The molecule has 1 aromatic heterocycles. The first-order chi connectivity index (χ1) is 12.5. The third-order valence-corrected chi connectivity index (χ3v) is 5.65. The van der Waals surface area contributed by atoms with Crippen LogP contribution in [0.15, 0.2) is 47.9 Å². The number of benzene rings is 1. The Morgan fingerprint density at radius 2 is 2.08 bits per heavy atom. The Labute approximate surface area is 158 Å². The summed E-state index contributed by atoms with van der Waals surface area (Å²) in [6.45, 7) is 2.04. The predicted molar refractivity (Wildman–Crippen MR) is 106 cm³/mol. The van der Waals surface area contributed by atoms with E-state index in [-0.39, 0.29) is 18.3 Å². The number of thiophene rings is 1. The van der Waals surface area contributed by atoms with Gasteiger partial charge in [-0.1, -0.05) is 18.2 Å². The fourth-order valence-corrected chi connectivity index (χ4v) is 4.20. The second-order valence-corrected chi connectivity index (χ2v) is 7.55. The van der Waals surface area contributed by atoms with Gasteiger partial charge < -0.3 is 9.64 Å². The second-order valence-electron chi connectivity index (χ2n) is 6.57. The summed E-state index contributed by atoms with van der Waals surface area (Å²) in [7, 11) is 3.98. The molecule has 0 amide bonds. The van der Waals surface area contributed by atoms with Crippen molar-refractivity contribution in [2.45, 2.75) is 19.3 Å². The summed E-state index contributed by atoms with van der Waals surface area (Å²) in [6, 6.07) is 12.1. The van der Waals surface area contributed by atoms with Gasteiger partial charge in [-0.25, -0.2) is 0 Å². The van der Waals surface area contributed by atoms with E-state index < -0.39 is 11.9 Å². The highest BCUT2D eigenvalue weighted by Gasteiger charge is 2.40. The molecule has 2 atom stereocenters. The maximum absolute atomic E-state index is 12.8. The number of nitrogens with zero attached hydrogens (tertiary/aromatic N) is 1. The van der Waals surface area contributed by atoms with Crippen LogP contribution < -0.4 is 4.90 Å². The molecular weight excluding hydrogens is 346 g/mol. The van der Waals surface area contributed by atoms with Gasteiger partial charge in [-0.05, 0) is 54.1 Å². The minimum absolute atomic E-state index is 0.168. The molecule has 0 saturated carbocycles. The summed E-state index contributed by atoms with van der Waals surface area (Å²) in [5.41, 5.74) is 3.07. The molecule has 1 aliphatic rings. The molecule has 26 heavy (non-hydrogen) atoms. The van der Waals surface area contributed by atoms with E-state index in [2.05, 4.69) is 6.07 Å². The van der Waals surface area contributed by atoms with Crippen molar-refractivity contribution in [1.82, 2.24) is 0 Å². The number of carbonyl (C=O) groups is 2. The highest BCUT2D eigenvalue weighted by atomic mass is 32.1. The Bertz CT molecular complexity index is 824. The van der Waals surface area contributed by atoms with Crippen molar-refractivity contribution >= 4 is 34.3 Å². The second kappa shape index (κ2) is 7.87. The minimum atomic E-state index is -0.755. The third kappa shape index (κ3) is 3.73. The molecular formula is C21H23NO3S. The van der Waals surface area contributed by atoms with Crippen LogP contribution in [0.4, 0.5) is 5.69 Å². The van der Waals surface area contributed by atoms with E-state index in [1.54, 1.807) is 24.3 Å². The highest BCUT2D eigenvalue weighted by Crippen LogP contribution is 2.42. The van der Waals surface area contributed by atoms with Crippen molar-refractivity contribution in [3.05, 3.63) is 58.3 Å². The average Bonchev–Trinajstić information content (AvgIpc) is 3.15. The van der Waals surface area contributed by atoms with E-state index in [0.717, 1.165) is 21.7 Å². The topological polar surface area (TPSA) is 46.6 Å². The van der Waals surface area contributed by atoms with Crippen LogP contribution in [0, 0.1) is 5.92 Å². The predicted octanol–water partition coefficient (Wildman–Crippen LogP) is 4.13. The molecule has 136 valence electrons. The molecule has 0 N–H and O–H groups in total. The fraction of sp³-hybridized carbons (Fsp3) is 0.333. The Balaban J connectivity index is 1.99. The van der Waals surface area contributed by atoms with Gasteiger partial charge in [-0.3, -0.25) is 9.59 Å². The number of rotatable bonds is 5. The largest absolute Gasteiger partial charge is 0.465 e. The molecule has 1 aliphatic carbocycles. The molecule has 3 rings (SSSR count). The zero-order valence-corrected chi connectivity index (χ0v) is 16.1. The maximum atomic E-state index is 12.8. The zero-order valence-electron chi connectivity index (χ0n) is 15.3. The van der Waals surface area contributed by atoms with Crippen LogP contribution in [0.1, 0.15) is 29.7 Å². The first kappa shape index (κ1) is 18.4. The zero-order chi connectivity index (χ0) is 18.7. The molecule has 4 nitrogen and oxygen atoms in total. The van der Waals surface area contributed by atoms with Gasteiger partial charge in [0.25, 0.3) is 0 Å². The fourth-order valence-electron chi connectivity index (χ4n) is 3.34. The summed E-state index contributed by atoms with van der Waals surface area (Å²) >= 11 is 1.58. The number of allylic oxidation sites excluding steroid dienone is 2. The lowest BCUT2D eigenvalue weighted by Crippen LogP contribution is -2.33. The molecule has 0 fully saturated rings. The van der Waals surface area contributed by atoms with E-state index in [4.69, 9.17) is 4.74 Å². The number of ether oxygens (including phenoxy) is 1. The number of hydrogen-bond acceptors (Lipinski definition) is 5. The van der Waals surface area contributed by atoms with Crippen LogP contribution in [0.3, 0.4) is 0 Å². The third-order valence-electron chi connectivity index (χ3n) is 4.65. The van der Waals surface area contributed by atoms with E-state index in [1.165, 1.54) is 0 Å². The first-order valence-corrected chi connectivity index (χ1v) is 9.61. The van der Waals surface area contributed by atoms with Gasteiger partial charge in [0.1, 0.15) is 5.92 Å². The SMILES string of the molecule is CCOC(=O)[C@@H]1C(=O)C=C(c2cccc(N(C)C)c2)C[C@H]1c1cccs1. The van der Waals surface area contributed by atoms with Gasteiger partial charge in [-0.2, -0.15) is 0 Å². The van der Waals surface area contributed by atoms with Gasteiger partial charge in [-0.15, -0.1) is 11.3 Å². The molecule has 1 heterocycles. The van der Waals surface area contributed by atoms with Crippen molar-refractivity contribution in [2.24, 2.45) is 5.92 Å². The van der Waals surface area contributed by atoms with Crippen molar-refractivity contribution < 1.29 is 14.3 Å². The van der Waals surface area contributed by atoms with Gasteiger partial charge in [0, 0.05) is 30.6 Å². The number of hydrogen-bond donors (Lipinski definition) is 0. The smallest absolute Gasteiger partial charge is 0.317 e. The molecule has 0 radical (unpaired) electrons. The van der Waals surface area contributed by atoms with Crippen LogP contribution in [0.25, 0.3) is 5.57 Å². The standard InChI is InChI=1S/C21H23NO3S/c1-4-25-21(24)20-17(19-9-6-10-26-19)12-15(13-18(20)23)14-7-5-8-16(11-14)22(2)3/h5-11,13,17,20H,4,12H2,1-3H3/t17-,20-/m0/s1. The molecule has 0 bridgehead atoms. The number of ketones is 1. The Morgan fingerprint density at radius 3 is 2.73 bits per heavy atom. The van der Waals surface area contributed by atoms with Crippen molar-refractivity contribution in [3.8, 4) is 0 Å². The minimum Gasteiger partial charge on any atom is -0.465 e. The Kier molecular flexibility index (Phi) is 5.57. The van der Waals surface area contributed by atoms with E-state index in [9.17, 15) is 9.59 Å². The summed E-state index contributed by atoms with van der Waals surface area (Å²) in [5, 5.41) is 1.98. The lowest BCUT2D eigenvalue weighted by Gasteiger charge is -2.28. The monoisotopic (exact) mass is 369 g/mol. The molecule has 1 aromatic carbocycles. The normalized spacial score (nSPS) is 19.8. The van der Waals surface area contributed by atoms with Crippen molar-refractivity contribution in [3.63, 3.8) is 0 Å². The number of esters is 1. The quantitative estimate of drug-likeness (QED) is 0.587. The van der Waals surface area contributed by atoms with Crippen molar-refractivity contribution in [2.75, 3.05) is 25.6 Å². The number of carbonyl (C=O) groups excluding carboxylic acids is 2. The van der Waals surface area contributed by atoms with Crippen LogP contribution in [-0.2, 0) is 14.3 Å². The Morgan fingerprint density at radius 1 is 1.27 bits per heavy atom. The van der Waals surface area contributed by atoms with Crippen LogP contribution >= 0.6 is 11.3 Å². The lowest BCUT2D eigenvalue weighted by atomic mass is 9.76. The van der Waals surface area contributed by atoms with Crippen LogP contribution in [-0.4, -0.2) is 32.5 Å². The summed E-state index contributed by atoms with van der Waals surface area (Å²) < 4.78 is 5.18. The molecule has 0 unspecified atom stereocenters. The highest BCUT2D eigenvalue weighted by molar-refractivity contribution is 7.10. The summed E-state index contributed by atoms with van der Waals surface area (Å²) in [4.78, 5) is 28.3. The molecule has 0 spiro atoms. The van der Waals surface area contributed by atoms with Crippen molar-refractivity contribution in [1.29, 1.82) is 0 Å². The van der Waals surface area contributed by atoms with E-state index in [1.807, 2.05) is 54.7 Å². The van der Waals surface area contributed by atoms with Gasteiger partial charge in [0.05, 0.1) is 6.61 Å². The Hall–Kier alpha value is -2.40. The van der Waals surface area contributed by atoms with Crippen LogP contribution in [0.5, 0.6) is 0 Å². The maximum Gasteiger partial charge on any atom is 0.317 e. The van der Waals surface area contributed by atoms with E-state index in [0.29, 0.717) is 6.42 Å². The van der Waals surface area contributed by atoms with Gasteiger partial charge in [0.15, 0.2) is 5.78 Å². The molecule has 2 aromatic rings. The van der Waals surface area contributed by atoms with E-state index >= 15 is 0 Å². The van der Waals surface area contributed by atoms with Crippen LogP contribution in [0.2, 0.25) is 0 Å². The summed E-state index contributed by atoms with van der Waals surface area (Å²) in [5.74, 6) is -1.52. The summed E-state index contributed by atoms with van der Waals surface area (Å²) in [6.07, 6.45) is 2.27. The number of anilines is 1. The average molecular weight is 369 g/mol. The first-order valence-electron chi connectivity index (χ1n) is 8.73. The molecule has 0 aliphatic heterocycles. The van der Waals surface area contributed by atoms with Gasteiger partial charge >= 0.3 is 5.97 Å². The molecule has 0 saturated heterocycles.